The molecule has 0 saturated carbocycles. The Kier molecular flexibility index (Phi) is 10.4. The van der Waals surface area contributed by atoms with Gasteiger partial charge in [-0.3, -0.25) is 9.59 Å². The van der Waals surface area contributed by atoms with Crippen molar-refractivity contribution in [2.45, 2.75) is 71.3 Å². The zero-order valence-corrected chi connectivity index (χ0v) is 28.8. The van der Waals surface area contributed by atoms with Crippen molar-refractivity contribution >= 4 is 67.2 Å². The third kappa shape index (κ3) is 6.77. The minimum atomic E-state index is -0.951. The molecule has 0 amide bonds. The van der Waals surface area contributed by atoms with Crippen LogP contribution in [0.1, 0.15) is 93.2 Å². The molecule has 0 aliphatic carbocycles. The largest absolute Gasteiger partial charge is 2.00 e. The summed E-state index contributed by atoms with van der Waals surface area (Å²) in [6, 6.07) is 0. The first-order valence-corrected chi connectivity index (χ1v) is 15.5. The van der Waals surface area contributed by atoms with Gasteiger partial charge in [0.05, 0.1) is 17.8 Å². The molecular formula is C34H38FeN4O4S2+2. The SMILES string of the molecule is CC1=C2/C=c3\[n-]/c(c(C)c3[C@H](C)S)=C\c3[n-]c(c(C)c3[C@H](C)S)/C=c3\[n-]/c(c(CCC(=O)O)c3C)=C\C(=N2)/C1=C/CC(=O)O.[Fe+2].[H+].[H+].[H+]. The number of thiol groups is 2. The molecule has 3 aromatic rings. The minimum Gasteiger partial charge on any atom is -0.657 e. The van der Waals surface area contributed by atoms with Crippen LogP contribution in [-0.4, -0.2) is 27.9 Å². The summed E-state index contributed by atoms with van der Waals surface area (Å²) in [5, 5.41) is 21.6. The van der Waals surface area contributed by atoms with Crippen LogP contribution in [0.5, 0.6) is 0 Å². The van der Waals surface area contributed by atoms with Gasteiger partial charge in [-0.1, -0.05) is 52.6 Å². The van der Waals surface area contributed by atoms with E-state index >= 15 is 0 Å². The van der Waals surface area contributed by atoms with Gasteiger partial charge in [-0.2, -0.15) is 25.3 Å². The van der Waals surface area contributed by atoms with Crippen molar-refractivity contribution in [3.63, 3.8) is 0 Å². The maximum absolute atomic E-state index is 11.6. The first-order valence-electron chi connectivity index (χ1n) is 14.5. The first kappa shape index (κ1) is 34.5. The molecule has 11 heteroatoms. The number of hydrogen-bond acceptors (Lipinski definition) is 5. The summed E-state index contributed by atoms with van der Waals surface area (Å²) in [6.45, 7) is 11.9. The van der Waals surface area contributed by atoms with Crippen molar-refractivity contribution in [3.05, 3.63) is 89.1 Å². The number of nitrogens with zero attached hydrogens (tertiary/aromatic N) is 4. The summed E-state index contributed by atoms with van der Waals surface area (Å²) in [4.78, 5) is 43.1. The van der Waals surface area contributed by atoms with Crippen molar-refractivity contribution < 1.29 is 41.2 Å². The topological polar surface area (TPSA) is 129 Å². The van der Waals surface area contributed by atoms with Gasteiger partial charge in [0.1, 0.15) is 0 Å². The Labute approximate surface area is 287 Å². The van der Waals surface area contributed by atoms with E-state index in [9.17, 15) is 19.8 Å². The molecule has 0 spiro atoms. The third-order valence-corrected chi connectivity index (χ3v) is 8.82. The fraction of sp³-hybridized carbons (Fsp3) is 0.324. The molecule has 5 heterocycles. The number of hydrogen-bond donors (Lipinski definition) is 4. The Bertz CT molecular complexity index is 2070. The van der Waals surface area contributed by atoms with E-state index in [1.54, 1.807) is 6.08 Å². The van der Waals surface area contributed by atoms with E-state index in [2.05, 4.69) is 0 Å². The quantitative estimate of drug-likeness (QED) is 0.222. The number of fused-ring (bicyclic) bond motifs is 7. The van der Waals surface area contributed by atoms with E-state index in [1.807, 2.05) is 65.8 Å². The average Bonchev–Trinajstić information content (AvgIpc) is 3.59. The summed E-state index contributed by atoms with van der Waals surface area (Å²) in [5.74, 6) is -1.85. The van der Waals surface area contributed by atoms with E-state index in [0.29, 0.717) is 27.7 Å². The number of aliphatic carboxylic acids is 2. The van der Waals surface area contributed by atoms with Gasteiger partial charge in [-0.05, 0) is 64.7 Å². The Balaban J connectivity index is 0.00000288. The van der Waals surface area contributed by atoms with Crippen LogP contribution in [0.25, 0.3) is 24.3 Å². The molecular weight excluding hydrogens is 648 g/mol. The van der Waals surface area contributed by atoms with Gasteiger partial charge in [0.15, 0.2) is 0 Å². The van der Waals surface area contributed by atoms with Gasteiger partial charge in [0.25, 0.3) is 0 Å². The van der Waals surface area contributed by atoms with E-state index < -0.39 is 11.9 Å². The third-order valence-electron chi connectivity index (χ3n) is 8.30. The number of allylic oxidation sites excluding steroid dienone is 3. The van der Waals surface area contributed by atoms with Crippen molar-refractivity contribution in [1.82, 2.24) is 15.0 Å². The van der Waals surface area contributed by atoms with Gasteiger partial charge in [0, 0.05) is 22.5 Å². The zero-order chi connectivity index (χ0) is 32.0. The van der Waals surface area contributed by atoms with Gasteiger partial charge in [-0.25, -0.2) is 4.99 Å². The number of aliphatic imine (C=N–C) groups is 1. The van der Waals surface area contributed by atoms with E-state index in [-0.39, 0.29) is 51.1 Å². The van der Waals surface area contributed by atoms with Crippen molar-refractivity contribution in [3.8, 4) is 0 Å². The summed E-state index contributed by atoms with van der Waals surface area (Å²) < 4.78 is 0. The molecule has 3 aromatic heterocycles. The fourth-order valence-corrected chi connectivity index (χ4v) is 6.67. The molecule has 2 N–H and O–H groups in total. The molecule has 0 unspecified atom stereocenters. The van der Waals surface area contributed by atoms with Crippen molar-refractivity contribution in [2.24, 2.45) is 4.99 Å². The van der Waals surface area contributed by atoms with Crippen LogP contribution in [0.2, 0.25) is 0 Å². The molecule has 0 fully saturated rings. The molecule has 2 aliphatic heterocycles. The fourth-order valence-electron chi connectivity index (χ4n) is 6.02. The van der Waals surface area contributed by atoms with Crippen LogP contribution in [0.3, 0.4) is 0 Å². The van der Waals surface area contributed by atoms with Crippen molar-refractivity contribution in [1.29, 1.82) is 0 Å². The van der Waals surface area contributed by atoms with Gasteiger partial charge >= 0.3 is 33.3 Å². The smallest absolute Gasteiger partial charge is 0.657 e. The van der Waals surface area contributed by atoms with Crippen LogP contribution < -0.4 is 36.3 Å². The Morgan fingerprint density at radius 2 is 1.44 bits per heavy atom. The molecule has 0 saturated heterocycles. The zero-order valence-electron chi connectivity index (χ0n) is 28.9. The van der Waals surface area contributed by atoms with Crippen LogP contribution in [0.4, 0.5) is 0 Å². The minimum absolute atomic E-state index is 0. The number of aromatic nitrogens is 3. The molecule has 8 nitrogen and oxygen atoms in total. The second-order valence-electron chi connectivity index (χ2n) is 11.4. The first-order chi connectivity index (χ1) is 20.8. The number of carboxylic acid groups (broad SMARTS) is 2. The van der Waals surface area contributed by atoms with Gasteiger partial charge in [0.2, 0.25) is 0 Å². The molecule has 2 atom stereocenters. The second-order valence-corrected chi connectivity index (χ2v) is 12.9. The van der Waals surface area contributed by atoms with E-state index in [1.165, 1.54) is 0 Å². The Hall–Kier alpha value is -3.37. The van der Waals surface area contributed by atoms with E-state index in [0.717, 1.165) is 61.0 Å². The molecule has 2 aliphatic rings. The average molecular weight is 687 g/mol. The monoisotopic (exact) mass is 686 g/mol. The van der Waals surface area contributed by atoms with Crippen LogP contribution in [-0.2, 0) is 33.1 Å². The maximum Gasteiger partial charge on any atom is 2.00 e. The van der Waals surface area contributed by atoms with E-state index in [4.69, 9.17) is 45.2 Å². The molecule has 0 radical (unpaired) electrons. The number of carboxylic acids is 2. The standard InChI is InChI=1S/C34H37N4O4S2.Fe/c1-15-21(7-9-31(39)40)27-14-28-22(8-10-32(41)42)16(2)24(36-28)12-29-34(20(6)44)18(4)26(38-29)13-30-33(19(5)43)17(3)25(37-30)11-23(15)35-27;/h8,11-14,19-20H,7,9-10H2,1-6H3,(H6-,35,36,37,38,39,40,41,42,43,44);/q-1;+2/p+1/b22-8+,29-12-;/t19-,20-;/m0./s1. The predicted molar refractivity (Wildman–Crippen MR) is 183 cm³/mol. The summed E-state index contributed by atoms with van der Waals surface area (Å²) in [7, 11) is 0. The van der Waals surface area contributed by atoms with Crippen molar-refractivity contribution in [2.75, 3.05) is 0 Å². The Morgan fingerprint density at radius 1 is 0.822 bits per heavy atom. The Morgan fingerprint density at radius 3 is 2.07 bits per heavy atom. The van der Waals surface area contributed by atoms with Crippen LogP contribution in [0, 0.1) is 20.8 Å². The summed E-state index contributed by atoms with van der Waals surface area (Å²) >= 11 is 9.57. The molecule has 236 valence electrons. The summed E-state index contributed by atoms with van der Waals surface area (Å²) in [6.07, 6.45) is 9.40. The van der Waals surface area contributed by atoms with Gasteiger partial charge in [-0.15, -0.1) is 32.8 Å². The van der Waals surface area contributed by atoms with Gasteiger partial charge < -0.3 is 25.2 Å². The molecule has 5 rings (SSSR count). The number of carbonyl (C=O) groups is 2. The molecule has 8 bridgehead atoms. The molecule has 45 heavy (non-hydrogen) atoms. The summed E-state index contributed by atoms with van der Waals surface area (Å²) in [5.41, 5.74) is 9.94. The second kappa shape index (κ2) is 13.5. The van der Waals surface area contributed by atoms with Crippen LogP contribution >= 0.6 is 25.3 Å². The van der Waals surface area contributed by atoms with Crippen LogP contribution in [0.15, 0.2) is 27.9 Å². The normalized spacial score (nSPS) is 19.2. The number of rotatable bonds is 7. The molecule has 0 aromatic carbocycles. The predicted octanol–water partition coefficient (Wildman–Crippen LogP) is 3.18. The maximum atomic E-state index is 11.6.